The molecule has 178 valence electrons. The number of benzene rings is 1. The zero-order chi connectivity index (χ0) is 22.3. The van der Waals surface area contributed by atoms with E-state index in [9.17, 15) is 9.59 Å². The predicted octanol–water partition coefficient (Wildman–Crippen LogP) is 3.15. The van der Waals surface area contributed by atoms with Crippen molar-refractivity contribution in [3.63, 3.8) is 0 Å². The van der Waals surface area contributed by atoms with Crippen LogP contribution < -0.4 is 16.0 Å². The van der Waals surface area contributed by atoms with Gasteiger partial charge < -0.3 is 20.9 Å². The molecule has 0 radical (unpaired) electrons. The predicted molar refractivity (Wildman–Crippen MR) is 139 cm³/mol. The maximum absolute atomic E-state index is 12.6. The topological polar surface area (TPSA) is 85.8 Å². The van der Waals surface area contributed by atoms with E-state index in [1.807, 2.05) is 24.3 Å². The minimum atomic E-state index is -0.105. The van der Waals surface area contributed by atoms with Crippen LogP contribution in [0.5, 0.6) is 0 Å². The number of nitrogens with zero attached hydrogens (tertiary/aromatic N) is 2. The van der Waals surface area contributed by atoms with Crippen LogP contribution in [0.2, 0.25) is 0 Å². The summed E-state index contributed by atoms with van der Waals surface area (Å²) >= 11 is 0. The Labute approximate surface area is 209 Å². The maximum atomic E-state index is 12.6. The molecule has 1 aliphatic heterocycles. The number of piperazine rings is 1. The average molecular weight is 556 g/mol. The van der Waals surface area contributed by atoms with Gasteiger partial charge in [-0.1, -0.05) is 32.4 Å². The normalized spacial score (nSPS) is 17.8. The Morgan fingerprint density at radius 1 is 1.22 bits per heavy atom. The first kappa shape index (κ1) is 26.4. The molecule has 1 aromatic carbocycles. The van der Waals surface area contributed by atoms with Crippen LogP contribution in [0.15, 0.2) is 29.3 Å². The van der Waals surface area contributed by atoms with Crippen LogP contribution in [0.25, 0.3) is 0 Å². The van der Waals surface area contributed by atoms with Crippen LogP contribution in [-0.2, 0) is 11.3 Å². The number of carbonyl (C=O) groups excluding carboxylic acids is 2. The summed E-state index contributed by atoms with van der Waals surface area (Å²) in [7, 11) is 0. The number of guanidine groups is 1. The molecule has 0 unspecified atom stereocenters. The van der Waals surface area contributed by atoms with Gasteiger partial charge in [0.05, 0.1) is 13.1 Å². The minimum Gasteiger partial charge on any atom is -0.357 e. The van der Waals surface area contributed by atoms with E-state index < -0.39 is 0 Å². The molecule has 0 bridgehead atoms. The Kier molecular flexibility index (Phi) is 10.2. The second kappa shape index (κ2) is 12.4. The highest BCUT2D eigenvalue weighted by molar-refractivity contribution is 14.0. The molecule has 7 nitrogen and oxygen atoms in total. The standard InChI is InChI=1S/C24H37N5O2.HI/c1-4-25-23(28-17-24(10-5-11-24)14-18(2)3)27-15-19-6-8-20(9-7-19)22(31)29-13-12-26-21(30)16-29;/h6-9,18H,4-5,10-17H2,1-3H3,(H,26,30)(H2,25,27,28);1H. The van der Waals surface area contributed by atoms with Crippen LogP contribution in [0.3, 0.4) is 0 Å². The van der Waals surface area contributed by atoms with Crippen LogP contribution in [0.1, 0.15) is 62.4 Å². The van der Waals surface area contributed by atoms with Gasteiger partial charge in [0.15, 0.2) is 5.96 Å². The van der Waals surface area contributed by atoms with Gasteiger partial charge in [0.2, 0.25) is 5.91 Å². The van der Waals surface area contributed by atoms with Gasteiger partial charge in [-0.3, -0.25) is 9.59 Å². The molecular weight excluding hydrogens is 517 g/mol. The molecule has 0 aromatic heterocycles. The van der Waals surface area contributed by atoms with E-state index in [0.29, 0.717) is 36.5 Å². The number of nitrogens with one attached hydrogen (secondary N) is 3. The highest BCUT2D eigenvalue weighted by atomic mass is 127. The van der Waals surface area contributed by atoms with Gasteiger partial charge in [0.1, 0.15) is 0 Å². The Morgan fingerprint density at radius 3 is 2.50 bits per heavy atom. The summed E-state index contributed by atoms with van der Waals surface area (Å²) < 4.78 is 0. The fourth-order valence-electron chi connectivity index (χ4n) is 4.53. The fraction of sp³-hybridized carbons (Fsp3) is 0.625. The van der Waals surface area contributed by atoms with Crippen LogP contribution >= 0.6 is 24.0 Å². The zero-order valence-corrected chi connectivity index (χ0v) is 21.9. The number of hydrogen-bond donors (Lipinski definition) is 3. The quantitative estimate of drug-likeness (QED) is 0.262. The summed E-state index contributed by atoms with van der Waals surface area (Å²) in [5.74, 6) is 1.35. The number of aliphatic imine (C=N–C) groups is 1. The van der Waals surface area contributed by atoms with Crippen LogP contribution in [-0.4, -0.2) is 55.4 Å². The number of carbonyl (C=O) groups is 2. The average Bonchev–Trinajstić information content (AvgIpc) is 2.73. The van der Waals surface area contributed by atoms with Crippen molar-refractivity contribution in [2.45, 2.75) is 53.0 Å². The third-order valence-electron chi connectivity index (χ3n) is 6.18. The minimum absolute atomic E-state index is 0. The lowest BCUT2D eigenvalue weighted by Gasteiger charge is -2.43. The van der Waals surface area contributed by atoms with Crippen LogP contribution in [0.4, 0.5) is 0 Å². The fourth-order valence-corrected chi connectivity index (χ4v) is 4.53. The van der Waals surface area contributed by atoms with E-state index in [2.05, 4.69) is 36.7 Å². The lowest BCUT2D eigenvalue weighted by atomic mass is 9.64. The van der Waals surface area contributed by atoms with E-state index in [4.69, 9.17) is 4.99 Å². The summed E-state index contributed by atoms with van der Waals surface area (Å²) in [6, 6.07) is 7.53. The number of amides is 2. The van der Waals surface area contributed by atoms with Crippen molar-refractivity contribution in [3.05, 3.63) is 35.4 Å². The summed E-state index contributed by atoms with van der Waals surface area (Å²) in [6.07, 6.45) is 5.18. The van der Waals surface area contributed by atoms with E-state index in [0.717, 1.165) is 24.6 Å². The third kappa shape index (κ3) is 7.35. The molecule has 1 heterocycles. The highest BCUT2D eigenvalue weighted by Crippen LogP contribution is 2.45. The highest BCUT2D eigenvalue weighted by Gasteiger charge is 2.37. The molecule has 2 aliphatic rings. The lowest BCUT2D eigenvalue weighted by Crippen LogP contribution is -2.49. The van der Waals surface area contributed by atoms with E-state index in [1.165, 1.54) is 25.7 Å². The molecule has 1 aromatic rings. The van der Waals surface area contributed by atoms with Gasteiger partial charge in [0.25, 0.3) is 5.91 Å². The van der Waals surface area contributed by atoms with Gasteiger partial charge in [0, 0.05) is 31.7 Å². The molecular formula is C24H38IN5O2. The Morgan fingerprint density at radius 2 is 1.94 bits per heavy atom. The van der Waals surface area contributed by atoms with Crippen molar-refractivity contribution in [2.24, 2.45) is 16.3 Å². The van der Waals surface area contributed by atoms with Crippen molar-refractivity contribution < 1.29 is 9.59 Å². The number of hydrogen-bond acceptors (Lipinski definition) is 3. The van der Waals surface area contributed by atoms with Gasteiger partial charge in [-0.2, -0.15) is 0 Å². The van der Waals surface area contributed by atoms with E-state index in [1.54, 1.807) is 4.90 Å². The van der Waals surface area contributed by atoms with Gasteiger partial charge >= 0.3 is 0 Å². The van der Waals surface area contributed by atoms with Crippen molar-refractivity contribution in [3.8, 4) is 0 Å². The van der Waals surface area contributed by atoms with Crippen molar-refractivity contribution >= 4 is 41.8 Å². The molecule has 2 amide bonds. The van der Waals surface area contributed by atoms with Crippen molar-refractivity contribution in [1.29, 1.82) is 0 Å². The molecule has 32 heavy (non-hydrogen) atoms. The van der Waals surface area contributed by atoms with Crippen LogP contribution in [0, 0.1) is 11.3 Å². The summed E-state index contributed by atoms with van der Waals surface area (Å²) in [6.45, 7) is 10.2. The first-order valence-electron chi connectivity index (χ1n) is 11.6. The molecule has 3 rings (SSSR count). The number of rotatable bonds is 8. The molecule has 3 N–H and O–H groups in total. The first-order valence-corrected chi connectivity index (χ1v) is 11.6. The Hall–Kier alpha value is -1.84. The summed E-state index contributed by atoms with van der Waals surface area (Å²) in [5.41, 5.74) is 2.07. The summed E-state index contributed by atoms with van der Waals surface area (Å²) in [4.78, 5) is 30.5. The SMILES string of the molecule is CCNC(=NCc1ccc(C(=O)N2CCNC(=O)C2)cc1)NCC1(CC(C)C)CCC1.I. The molecule has 1 saturated heterocycles. The van der Waals surface area contributed by atoms with E-state index >= 15 is 0 Å². The van der Waals surface area contributed by atoms with Gasteiger partial charge in [-0.25, -0.2) is 4.99 Å². The second-order valence-corrected chi connectivity index (χ2v) is 9.27. The number of halogens is 1. The van der Waals surface area contributed by atoms with Gasteiger partial charge in [-0.15, -0.1) is 24.0 Å². The maximum Gasteiger partial charge on any atom is 0.254 e. The Balaban J connectivity index is 0.00000363. The molecule has 0 atom stereocenters. The second-order valence-electron chi connectivity index (χ2n) is 9.27. The molecule has 8 heteroatoms. The summed E-state index contributed by atoms with van der Waals surface area (Å²) in [5, 5.41) is 9.64. The molecule has 0 spiro atoms. The third-order valence-corrected chi connectivity index (χ3v) is 6.18. The smallest absolute Gasteiger partial charge is 0.254 e. The van der Waals surface area contributed by atoms with Crippen molar-refractivity contribution in [2.75, 3.05) is 32.7 Å². The molecule has 1 saturated carbocycles. The molecule has 1 aliphatic carbocycles. The first-order chi connectivity index (χ1) is 14.9. The zero-order valence-electron chi connectivity index (χ0n) is 19.6. The largest absolute Gasteiger partial charge is 0.357 e. The monoisotopic (exact) mass is 555 g/mol. The Bertz CT molecular complexity index is 790. The molecule has 2 fully saturated rings. The lowest BCUT2D eigenvalue weighted by molar-refractivity contribution is -0.123. The van der Waals surface area contributed by atoms with Gasteiger partial charge in [-0.05, 0) is 55.2 Å². The van der Waals surface area contributed by atoms with E-state index in [-0.39, 0.29) is 42.3 Å². The van der Waals surface area contributed by atoms with Crippen molar-refractivity contribution in [1.82, 2.24) is 20.9 Å².